The maximum Gasteiger partial charge on any atom is 0.278 e. The molecule has 29 heavy (non-hydrogen) atoms. The molecule has 0 radical (unpaired) electrons. The van der Waals surface area contributed by atoms with Crippen molar-refractivity contribution in [2.75, 3.05) is 11.9 Å². The maximum atomic E-state index is 13.2. The average Bonchev–Trinajstić information content (AvgIpc) is 2.87. The van der Waals surface area contributed by atoms with Gasteiger partial charge in [-0.1, -0.05) is 63.6 Å². The highest BCUT2D eigenvalue weighted by atomic mass is 16.2. The summed E-state index contributed by atoms with van der Waals surface area (Å²) in [6.45, 7) is 12.7. The summed E-state index contributed by atoms with van der Waals surface area (Å²) >= 11 is 0. The number of aryl methyl sites for hydroxylation is 2. The van der Waals surface area contributed by atoms with E-state index in [1.807, 2.05) is 58.0 Å². The van der Waals surface area contributed by atoms with Crippen molar-refractivity contribution >= 4 is 23.1 Å². The monoisotopic (exact) mass is 390 g/mol. The third kappa shape index (κ3) is 4.26. The Labute approximate surface area is 173 Å². The topological polar surface area (TPSA) is 49.4 Å². The minimum Gasteiger partial charge on any atom is -0.350 e. The molecule has 0 spiro atoms. The van der Waals surface area contributed by atoms with Gasteiger partial charge in [0, 0.05) is 12.2 Å². The van der Waals surface area contributed by atoms with Gasteiger partial charge >= 0.3 is 0 Å². The van der Waals surface area contributed by atoms with Gasteiger partial charge in [-0.3, -0.25) is 14.5 Å². The number of nitrogens with one attached hydrogen (secondary N) is 1. The second-order valence-corrected chi connectivity index (χ2v) is 8.58. The van der Waals surface area contributed by atoms with Gasteiger partial charge in [-0.05, 0) is 54.5 Å². The molecule has 0 fully saturated rings. The van der Waals surface area contributed by atoms with E-state index in [1.54, 1.807) is 0 Å². The lowest BCUT2D eigenvalue weighted by Gasteiger charge is -2.17. The molecular formula is C25H30N2O2. The lowest BCUT2D eigenvalue weighted by Crippen LogP contribution is -2.35. The molecule has 1 aliphatic rings. The Morgan fingerprint density at radius 3 is 2.10 bits per heavy atom. The van der Waals surface area contributed by atoms with Gasteiger partial charge in [0.2, 0.25) is 0 Å². The molecule has 2 aromatic rings. The normalized spacial score (nSPS) is 14.6. The summed E-state index contributed by atoms with van der Waals surface area (Å²) in [7, 11) is 0. The van der Waals surface area contributed by atoms with Gasteiger partial charge in [0.05, 0.1) is 5.57 Å². The van der Waals surface area contributed by atoms with Gasteiger partial charge in [0.1, 0.15) is 5.70 Å². The maximum absolute atomic E-state index is 13.2. The number of hydrogen-bond acceptors (Lipinski definition) is 3. The molecule has 4 nitrogen and oxygen atoms in total. The van der Waals surface area contributed by atoms with E-state index >= 15 is 0 Å². The van der Waals surface area contributed by atoms with Gasteiger partial charge in [-0.2, -0.15) is 0 Å². The molecule has 1 N–H and O–H groups in total. The summed E-state index contributed by atoms with van der Waals surface area (Å²) in [5.41, 5.74) is 5.78. The predicted octanol–water partition coefficient (Wildman–Crippen LogP) is 5.27. The van der Waals surface area contributed by atoms with E-state index in [0.717, 1.165) is 22.4 Å². The highest BCUT2D eigenvalue weighted by molar-refractivity contribution is 6.36. The molecule has 0 atom stereocenters. The van der Waals surface area contributed by atoms with Crippen LogP contribution in [0.4, 0.5) is 5.69 Å². The van der Waals surface area contributed by atoms with Gasteiger partial charge in [0.25, 0.3) is 11.8 Å². The molecule has 0 saturated carbocycles. The smallest absolute Gasteiger partial charge is 0.278 e. The molecule has 152 valence electrons. The Kier molecular flexibility index (Phi) is 5.92. The Morgan fingerprint density at radius 2 is 1.55 bits per heavy atom. The Hall–Kier alpha value is -2.88. The Morgan fingerprint density at radius 1 is 0.897 bits per heavy atom. The largest absolute Gasteiger partial charge is 0.350 e. The molecular weight excluding hydrogens is 360 g/mol. The molecule has 1 aliphatic heterocycles. The van der Waals surface area contributed by atoms with Gasteiger partial charge in [-0.25, -0.2) is 0 Å². The number of imide groups is 1. The zero-order valence-electron chi connectivity index (χ0n) is 18.2. The van der Waals surface area contributed by atoms with Crippen LogP contribution in [-0.4, -0.2) is 23.3 Å². The van der Waals surface area contributed by atoms with Crippen LogP contribution in [-0.2, 0) is 9.59 Å². The Balaban J connectivity index is 2.06. The third-order valence-corrected chi connectivity index (χ3v) is 5.21. The van der Waals surface area contributed by atoms with Crippen molar-refractivity contribution in [3.8, 4) is 0 Å². The van der Waals surface area contributed by atoms with Crippen molar-refractivity contribution in [3.63, 3.8) is 0 Å². The number of rotatable bonds is 6. The Bertz CT molecular complexity index is 969. The number of carbonyl (C=O) groups is 2. The first-order chi connectivity index (χ1) is 13.7. The number of anilines is 1. The van der Waals surface area contributed by atoms with Crippen molar-refractivity contribution in [1.29, 1.82) is 0 Å². The summed E-state index contributed by atoms with van der Waals surface area (Å²) in [4.78, 5) is 27.8. The molecule has 2 aromatic carbocycles. The lowest BCUT2D eigenvalue weighted by atomic mass is 9.97. The van der Waals surface area contributed by atoms with Crippen LogP contribution in [0.15, 0.2) is 48.2 Å². The van der Waals surface area contributed by atoms with Crippen LogP contribution in [0.3, 0.4) is 0 Å². The van der Waals surface area contributed by atoms with Crippen molar-refractivity contribution < 1.29 is 9.59 Å². The van der Waals surface area contributed by atoms with E-state index in [-0.39, 0.29) is 17.7 Å². The fourth-order valence-electron chi connectivity index (χ4n) is 3.66. The molecule has 0 aliphatic carbocycles. The van der Waals surface area contributed by atoms with Gasteiger partial charge < -0.3 is 5.32 Å². The van der Waals surface area contributed by atoms with E-state index in [0.29, 0.717) is 23.7 Å². The first-order valence-electron chi connectivity index (χ1n) is 10.2. The van der Waals surface area contributed by atoms with Crippen molar-refractivity contribution in [2.45, 2.75) is 47.5 Å². The second kappa shape index (κ2) is 8.24. The first-order valence-corrected chi connectivity index (χ1v) is 10.2. The summed E-state index contributed by atoms with van der Waals surface area (Å²) < 4.78 is 0. The molecule has 1 heterocycles. The van der Waals surface area contributed by atoms with Crippen molar-refractivity contribution in [1.82, 2.24) is 4.90 Å². The second-order valence-electron chi connectivity index (χ2n) is 8.58. The molecule has 4 heteroatoms. The van der Waals surface area contributed by atoms with Gasteiger partial charge in [0.15, 0.2) is 0 Å². The van der Waals surface area contributed by atoms with Crippen LogP contribution < -0.4 is 5.32 Å². The van der Waals surface area contributed by atoms with Crippen LogP contribution >= 0.6 is 0 Å². The van der Waals surface area contributed by atoms with E-state index in [4.69, 9.17) is 0 Å². The quantitative estimate of drug-likeness (QED) is 0.683. The number of carbonyl (C=O) groups excluding carboxylic acids is 2. The third-order valence-electron chi connectivity index (χ3n) is 5.21. The first kappa shape index (κ1) is 20.8. The summed E-state index contributed by atoms with van der Waals surface area (Å²) in [5.74, 6) is 0.154. The molecule has 0 aromatic heterocycles. The minimum atomic E-state index is -0.258. The zero-order valence-corrected chi connectivity index (χ0v) is 18.2. The van der Waals surface area contributed by atoms with Crippen LogP contribution in [0.1, 0.15) is 55.9 Å². The van der Waals surface area contributed by atoms with Gasteiger partial charge in [-0.15, -0.1) is 0 Å². The van der Waals surface area contributed by atoms with E-state index in [9.17, 15) is 9.59 Å². The van der Waals surface area contributed by atoms with E-state index in [1.165, 1.54) is 10.5 Å². The van der Waals surface area contributed by atoms with Crippen molar-refractivity contribution in [3.05, 3.63) is 70.4 Å². The van der Waals surface area contributed by atoms with Crippen molar-refractivity contribution in [2.24, 2.45) is 5.92 Å². The molecule has 3 rings (SSSR count). The standard InChI is InChI=1S/C25H30N2O2/c1-15(2)14-27-24(28)22(21-12-7-17(5)13-18(21)6)23(25(27)29)26-20-10-8-19(9-11-20)16(3)4/h7-13,15-16,26H,14H2,1-6H3. The number of benzene rings is 2. The van der Waals surface area contributed by atoms with E-state index in [2.05, 4.69) is 31.3 Å². The lowest BCUT2D eigenvalue weighted by molar-refractivity contribution is -0.137. The molecule has 2 amide bonds. The number of amides is 2. The zero-order chi connectivity index (χ0) is 21.3. The minimum absolute atomic E-state index is 0.202. The highest BCUT2D eigenvalue weighted by Crippen LogP contribution is 2.33. The summed E-state index contributed by atoms with van der Waals surface area (Å²) in [6, 6.07) is 14.0. The van der Waals surface area contributed by atoms with Crippen LogP contribution in [0.5, 0.6) is 0 Å². The molecule has 0 unspecified atom stereocenters. The molecule has 0 saturated heterocycles. The average molecular weight is 391 g/mol. The summed E-state index contributed by atoms with van der Waals surface area (Å²) in [6.07, 6.45) is 0. The highest BCUT2D eigenvalue weighted by Gasteiger charge is 2.39. The fourth-order valence-corrected chi connectivity index (χ4v) is 3.66. The van der Waals surface area contributed by atoms with Crippen LogP contribution in [0.25, 0.3) is 5.57 Å². The number of hydrogen-bond donors (Lipinski definition) is 1. The molecule has 0 bridgehead atoms. The SMILES string of the molecule is Cc1ccc(C2=C(Nc3ccc(C(C)C)cc3)C(=O)N(CC(C)C)C2=O)c(C)c1. The fraction of sp³-hybridized carbons (Fsp3) is 0.360. The van der Waals surface area contributed by atoms with E-state index < -0.39 is 0 Å². The predicted molar refractivity (Wildman–Crippen MR) is 119 cm³/mol. The summed E-state index contributed by atoms with van der Waals surface area (Å²) in [5, 5.41) is 3.25. The van der Waals surface area contributed by atoms with Crippen LogP contribution in [0, 0.1) is 19.8 Å². The number of nitrogens with zero attached hydrogens (tertiary/aromatic N) is 1. The van der Waals surface area contributed by atoms with Crippen LogP contribution in [0.2, 0.25) is 0 Å².